The van der Waals surface area contributed by atoms with Gasteiger partial charge in [0.1, 0.15) is 23.7 Å². The van der Waals surface area contributed by atoms with Crippen molar-refractivity contribution < 1.29 is 4.79 Å². The Labute approximate surface area is 172 Å². The summed E-state index contributed by atoms with van der Waals surface area (Å²) in [6, 6.07) is 0.0182. The molecule has 0 bridgehead atoms. The SMILES string of the molecule is CCN1C2C#CC/C(Br)=C\C=C/2N(C)C1CNC(=O)C1=NC(Cl)=C(N)NC1. The number of hydrogen-bond acceptors (Lipinski definition) is 6. The van der Waals surface area contributed by atoms with Crippen molar-refractivity contribution in [1.82, 2.24) is 20.4 Å². The van der Waals surface area contributed by atoms with Crippen LogP contribution in [0.2, 0.25) is 0 Å². The van der Waals surface area contributed by atoms with Crippen molar-refractivity contribution in [2.75, 3.05) is 26.7 Å². The van der Waals surface area contributed by atoms with Gasteiger partial charge in [0.15, 0.2) is 5.16 Å². The van der Waals surface area contributed by atoms with Gasteiger partial charge in [-0.15, -0.1) is 0 Å². The molecule has 2 atom stereocenters. The van der Waals surface area contributed by atoms with Crippen LogP contribution in [0.3, 0.4) is 0 Å². The predicted octanol–water partition coefficient (Wildman–Crippen LogP) is 1.00. The number of halogens is 2. The Morgan fingerprint density at radius 2 is 2.33 bits per heavy atom. The summed E-state index contributed by atoms with van der Waals surface area (Å²) < 4.78 is 1.06. The van der Waals surface area contributed by atoms with E-state index in [-0.39, 0.29) is 35.6 Å². The summed E-state index contributed by atoms with van der Waals surface area (Å²) in [4.78, 5) is 21.0. The maximum absolute atomic E-state index is 12.5. The molecule has 27 heavy (non-hydrogen) atoms. The number of hydrogen-bond donors (Lipinski definition) is 3. The average molecular weight is 454 g/mol. The zero-order chi connectivity index (χ0) is 19.6. The first kappa shape index (κ1) is 19.8. The Morgan fingerprint density at radius 3 is 3.04 bits per heavy atom. The lowest BCUT2D eigenvalue weighted by molar-refractivity contribution is -0.115. The smallest absolute Gasteiger partial charge is 0.267 e. The second kappa shape index (κ2) is 8.38. The minimum Gasteiger partial charge on any atom is -0.383 e. The van der Waals surface area contributed by atoms with Crippen molar-refractivity contribution in [3.05, 3.63) is 33.3 Å². The molecule has 7 nitrogen and oxygen atoms in total. The molecule has 0 saturated carbocycles. The number of rotatable bonds is 4. The summed E-state index contributed by atoms with van der Waals surface area (Å²) in [6.45, 7) is 3.61. The van der Waals surface area contributed by atoms with Crippen molar-refractivity contribution in [3.8, 4) is 11.8 Å². The second-order valence-electron chi connectivity index (χ2n) is 6.35. The summed E-state index contributed by atoms with van der Waals surface area (Å²) in [6.07, 6.45) is 4.84. The van der Waals surface area contributed by atoms with E-state index in [0.717, 1.165) is 16.7 Å². The van der Waals surface area contributed by atoms with Crippen LogP contribution in [0.5, 0.6) is 0 Å². The quantitative estimate of drug-likeness (QED) is 0.437. The Kier molecular flexibility index (Phi) is 6.15. The summed E-state index contributed by atoms with van der Waals surface area (Å²) in [5.41, 5.74) is 7.06. The monoisotopic (exact) mass is 452 g/mol. The van der Waals surface area contributed by atoms with E-state index < -0.39 is 0 Å². The zero-order valence-electron chi connectivity index (χ0n) is 15.2. The van der Waals surface area contributed by atoms with Crippen molar-refractivity contribution in [1.29, 1.82) is 0 Å². The van der Waals surface area contributed by atoms with E-state index in [1.54, 1.807) is 0 Å². The maximum Gasteiger partial charge on any atom is 0.267 e. The van der Waals surface area contributed by atoms with Gasteiger partial charge in [-0.25, -0.2) is 4.99 Å². The Hall–Kier alpha value is -1.95. The summed E-state index contributed by atoms with van der Waals surface area (Å²) in [5.74, 6) is 6.59. The number of fused-ring (bicyclic) bond motifs is 1. The van der Waals surface area contributed by atoms with E-state index in [0.29, 0.717) is 18.7 Å². The lowest BCUT2D eigenvalue weighted by Crippen LogP contribution is -2.49. The van der Waals surface area contributed by atoms with E-state index in [1.807, 2.05) is 13.1 Å². The fraction of sp³-hybridized carbons (Fsp3) is 0.444. The normalized spacial score (nSPS) is 29.0. The molecule has 3 aliphatic rings. The molecule has 0 aromatic heterocycles. The van der Waals surface area contributed by atoms with Gasteiger partial charge in [0.25, 0.3) is 5.91 Å². The van der Waals surface area contributed by atoms with Crippen LogP contribution in [-0.2, 0) is 4.79 Å². The molecule has 2 unspecified atom stereocenters. The molecule has 1 amide bonds. The summed E-state index contributed by atoms with van der Waals surface area (Å²) in [7, 11) is 2.02. The number of nitrogens with one attached hydrogen (secondary N) is 2. The van der Waals surface area contributed by atoms with Gasteiger partial charge in [-0.2, -0.15) is 0 Å². The van der Waals surface area contributed by atoms with Crippen LogP contribution in [0.1, 0.15) is 13.3 Å². The van der Waals surface area contributed by atoms with Gasteiger partial charge in [-0.05, 0) is 18.7 Å². The molecule has 1 fully saturated rings. The van der Waals surface area contributed by atoms with Gasteiger partial charge >= 0.3 is 0 Å². The lowest BCUT2D eigenvalue weighted by Gasteiger charge is -2.28. The van der Waals surface area contributed by atoms with E-state index in [2.05, 4.69) is 66.2 Å². The largest absolute Gasteiger partial charge is 0.383 e. The van der Waals surface area contributed by atoms with Crippen LogP contribution in [0.25, 0.3) is 0 Å². The van der Waals surface area contributed by atoms with Crippen molar-refractivity contribution in [3.63, 3.8) is 0 Å². The number of allylic oxidation sites excluding steroid dienone is 3. The second-order valence-corrected chi connectivity index (χ2v) is 7.73. The third-order valence-corrected chi connectivity index (χ3v) is 5.59. The van der Waals surface area contributed by atoms with E-state index in [9.17, 15) is 4.79 Å². The number of carbonyl (C=O) groups is 1. The standard InChI is InChI=1S/C18H22BrClN6O/c1-3-26-14-6-4-5-11(19)7-8-13(14)25(2)15(26)10-23-18(27)12-9-22-17(21)16(20)24-12/h7-8,14-15,22H,3,5,9-10,21H2,1-2H3,(H,23,27)/b11-7+,13-8+. The molecule has 9 heteroatoms. The fourth-order valence-corrected chi connectivity index (χ4v) is 3.74. The van der Waals surface area contributed by atoms with E-state index >= 15 is 0 Å². The molecule has 0 aromatic rings. The van der Waals surface area contributed by atoms with Crippen LogP contribution in [0.4, 0.5) is 0 Å². The van der Waals surface area contributed by atoms with E-state index in [4.69, 9.17) is 17.3 Å². The molecule has 3 rings (SSSR count). The fourth-order valence-electron chi connectivity index (χ4n) is 3.30. The molecule has 0 radical (unpaired) electrons. The molecule has 0 aromatic carbocycles. The van der Waals surface area contributed by atoms with Gasteiger partial charge in [0.05, 0.1) is 13.1 Å². The Morgan fingerprint density at radius 1 is 1.56 bits per heavy atom. The number of carbonyl (C=O) groups excluding carboxylic acids is 1. The van der Waals surface area contributed by atoms with Crippen molar-refractivity contribution >= 4 is 39.1 Å². The highest BCUT2D eigenvalue weighted by Gasteiger charge is 2.39. The van der Waals surface area contributed by atoms with Crippen LogP contribution in [-0.4, -0.2) is 60.3 Å². The van der Waals surface area contributed by atoms with Gasteiger partial charge < -0.3 is 21.3 Å². The van der Waals surface area contributed by atoms with Crippen LogP contribution >= 0.6 is 27.5 Å². The molecule has 1 aliphatic carbocycles. The van der Waals surface area contributed by atoms with E-state index in [1.165, 1.54) is 0 Å². The highest BCUT2D eigenvalue weighted by Crippen LogP contribution is 2.29. The summed E-state index contributed by atoms with van der Waals surface area (Å²) in [5, 5.41) is 5.92. The highest BCUT2D eigenvalue weighted by atomic mass is 79.9. The maximum atomic E-state index is 12.5. The van der Waals surface area contributed by atoms with Gasteiger partial charge in [0.2, 0.25) is 0 Å². The molecule has 144 valence electrons. The molecule has 0 spiro atoms. The van der Waals surface area contributed by atoms with Crippen LogP contribution < -0.4 is 16.4 Å². The number of likely N-dealkylation sites (N-methyl/N-ethyl adjacent to an activating group) is 2. The minimum atomic E-state index is -0.260. The molecular weight excluding hydrogens is 432 g/mol. The van der Waals surface area contributed by atoms with Crippen LogP contribution in [0, 0.1) is 11.8 Å². The average Bonchev–Trinajstić information content (AvgIpc) is 2.88. The third kappa shape index (κ3) is 4.15. The van der Waals surface area contributed by atoms with Crippen molar-refractivity contribution in [2.45, 2.75) is 25.6 Å². The first-order chi connectivity index (χ1) is 12.9. The zero-order valence-corrected chi connectivity index (χ0v) is 17.6. The first-order valence-corrected chi connectivity index (χ1v) is 9.87. The lowest BCUT2D eigenvalue weighted by atomic mass is 10.1. The van der Waals surface area contributed by atoms with Gasteiger partial charge in [0, 0.05) is 23.6 Å². The number of nitrogens with zero attached hydrogens (tertiary/aromatic N) is 3. The topological polar surface area (TPSA) is 86.0 Å². The van der Waals surface area contributed by atoms with Crippen LogP contribution in [0.15, 0.2) is 38.3 Å². The minimum absolute atomic E-state index is 0.00279. The Balaban J connectivity index is 1.74. The number of aliphatic imine (C=N–C) groups is 1. The molecular formula is C18H22BrClN6O. The number of amides is 1. The van der Waals surface area contributed by atoms with Gasteiger partial charge in [-0.3, -0.25) is 9.69 Å². The molecule has 4 N–H and O–H groups in total. The number of nitrogens with two attached hydrogens (primary N) is 1. The highest BCUT2D eigenvalue weighted by molar-refractivity contribution is 9.11. The van der Waals surface area contributed by atoms with Crippen molar-refractivity contribution in [2.24, 2.45) is 10.7 Å². The predicted molar refractivity (Wildman–Crippen MR) is 111 cm³/mol. The van der Waals surface area contributed by atoms with Gasteiger partial charge in [-0.1, -0.05) is 46.3 Å². The molecule has 2 aliphatic heterocycles. The Bertz CT molecular complexity index is 821. The first-order valence-electron chi connectivity index (χ1n) is 8.70. The molecule has 2 heterocycles. The molecule has 1 saturated heterocycles. The third-order valence-electron chi connectivity index (χ3n) is 4.75. The summed E-state index contributed by atoms with van der Waals surface area (Å²) >= 11 is 9.43.